The lowest BCUT2D eigenvalue weighted by Crippen LogP contribution is -2.30. The lowest BCUT2D eigenvalue weighted by molar-refractivity contribution is 0.0937. The van der Waals surface area contributed by atoms with Gasteiger partial charge in [0.1, 0.15) is 0 Å². The first kappa shape index (κ1) is 25.6. The largest absolute Gasteiger partial charge is 0.340 e. The highest BCUT2D eigenvalue weighted by Crippen LogP contribution is 2.26. The molecule has 9 heteroatoms. The molecule has 0 aliphatic heterocycles. The topological polar surface area (TPSA) is 85.6 Å². The van der Waals surface area contributed by atoms with Crippen molar-refractivity contribution in [2.24, 2.45) is 0 Å². The van der Waals surface area contributed by atoms with E-state index in [-0.39, 0.29) is 17.6 Å². The Labute approximate surface area is 230 Å². The van der Waals surface area contributed by atoms with Gasteiger partial charge in [0.15, 0.2) is 10.9 Å². The van der Waals surface area contributed by atoms with Gasteiger partial charge in [0.05, 0.1) is 17.4 Å². The van der Waals surface area contributed by atoms with Crippen molar-refractivity contribution in [1.29, 1.82) is 0 Å². The van der Waals surface area contributed by atoms with Crippen LogP contribution in [-0.4, -0.2) is 30.9 Å². The van der Waals surface area contributed by atoms with Gasteiger partial charge in [-0.25, -0.2) is 14.6 Å². The first-order valence-corrected chi connectivity index (χ1v) is 13.4. The van der Waals surface area contributed by atoms with E-state index in [0.29, 0.717) is 21.6 Å². The van der Waals surface area contributed by atoms with Crippen molar-refractivity contribution in [1.82, 2.24) is 30.3 Å². The van der Waals surface area contributed by atoms with E-state index < -0.39 is 0 Å². The van der Waals surface area contributed by atoms with Crippen molar-refractivity contribution >= 4 is 29.3 Å². The molecule has 1 amide bonds. The van der Waals surface area contributed by atoms with Crippen molar-refractivity contribution in [3.63, 3.8) is 0 Å². The Kier molecular flexibility index (Phi) is 7.81. The van der Waals surface area contributed by atoms with Gasteiger partial charge in [0.25, 0.3) is 5.91 Å². The number of nitrogens with one attached hydrogen (secondary N) is 1. The third-order valence-corrected chi connectivity index (χ3v) is 7.00. The molecule has 0 saturated carbocycles. The van der Waals surface area contributed by atoms with E-state index in [9.17, 15) is 4.79 Å². The molecule has 0 aliphatic carbocycles. The fourth-order valence-electron chi connectivity index (χ4n) is 4.14. The summed E-state index contributed by atoms with van der Waals surface area (Å²) in [5.41, 5.74) is 5.34. The van der Waals surface area contributed by atoms with E-state index >= 15 is 0 Å². The summed E-state index contributed by atoms with van der Waals surface area (Å²) in [7, 11) is 0. The maximum Gasteiger partial charge on any atom is 0.274 e. The van der Waals surface area contributed by atoms with Crippen LogP contribution in [0.4, 0.5) is 0 Å². The van der Waals surface area contributed by atoms with Gasteiger partial charge in [-0.1, -0.05) is 89.2 Å². The minimum atomic E-state index is -0.353. The number of halogens is 1. The molecule has 0 fully saturated rings. The number of thioether (sulfide) groups is 1. The van der Waals surface area contributed by atoms with Crippen LogP contribution in [0.3, 0.4) is 0 Å². The van der Waals surface area contributed by atoms with Gasteiger partial charge in [-0.15, -0.1) is 5.10 Å². The maximum absolute atomic E-state index is 13.8. The Bertz CT molecular complexity index is 1480. The molecule has 0 aliphatic rings. The fraction of sp³-hybridized carbons (Fsp3) is 0.138. The molecule has 5 rings (SSSR count). The summed E-state index contributed by atoms with van der Waals surface area (Å²) in [6, 6.07) is 28.6. The molecular weight excluding hydrogens is 516 g/mol. The normalized spacial score (nSPS) is 11.1. The van der Waals surface area contributed by atoms with Gasteiger partial charge in [-0.3, -0.25) is 4.79 Å². The zero-order valence-corrected chi connectivity index (χ0v) is 22.4. The molecule has 2 heterocycles. The average Bonchev–Trinajstić information content (AvgIpc) is 3.35. The second kappa shape index (κ2) is 11.6. The number of nitrogens with zero attached hydrogens (tertiary/aromatic N) is 5. The van der Waals surface area contributed by atoms with E-state index in [1.807, 2.05) is 92.7 Å². The molecule has 38 heavy (non-hydrogen) atoms. The summed E-state index contributed by atoms with van der Waals surface area (Å²) < 4.78 is 1.67. The van der Waals surface area contributed by atoms with E-state index in [2.05, 4.69) is 25.6 Å². The average molecular weight is 541 g/mol. The molecule has 5 aromatic rings. The van der Waals surface area contributed by atoms with E-state index in [0.717, 1.165) is 28.2 Å². The molecule has 0 radical (unpaired) electrons. The molecule has 2 aromatic heterocycles. The molecule has 0 bridgehead atoms. The Morgan fingerprint density at radius 1 is 0.895 bits per heavy atom. The van der Waals surface area contributed by atoms with E-state index in [4.69, 9.17) is 11.6 Å². The van der Waals surface area contributed by atoms with Crippen LogP contribution in [0.1, 0.15) is 44.7 Å². The molecule has 0 saturated heterocycles. The number of carbonyl (C=O) groups excluding carboxylic acids is 1. The van der Waals surface area contributed by atoms with Crippen LogP contribution in [0.5, 0.6) is 0 Å². The van der Waals surface area contributed by atoms with E-state index in [1.165, 1.54) is 11.8 Å². The molecule has 0 spiro atoms. The highest BCUT2D eigenvalue weighted by molar-refractivity contribution is 7.98. The van der Waals surface area contributed by atoms with Gasteiger partial charge in [0.2, 0.25) is 0 Å². The third-order valence-electron chi connectivity index (χ3n) is 5.89. The number of aromatic nitrogens is 5. The number of aryl methyl sites for hydroxylation is 2. The first-order chi connectivity index (χ1) is 18.5. The lowest BCUT2D eigenvalue weighted by atomic mass is 9.98. The minimum Gasteiger partial charge on any atom is -0.340 e. The second-order valence-corrected chi connectivity index (χ2v) is 10.1. The van der Waals surface area contributed by atoms with Gasteiger partial charge >= 0.3 is 0 Å². The summed E-state index contributed by atoms with van der Waals surface area (Å²) >= 11 is 7.54. The van der Waals surface area contributed by atoms with Gasteiger partial charge in [-0.2, -0.15) is 0 Å². The van der Waals surface area contributed by atoms with Gasteiger partial charge in [0, 0.05) is 22.2 Å². The van der Waals surface area contributed by atoms with Crippen LogP contribution in [0.25, 0.3) is 5.69 Å². The van der Waals surface area contributed by atoms with Crippen LogP contribution in [0.2, 0.25) is 5.02 Å². The fourth-order valence-corrected chi connectivity index (χ4v) is 5.21. The van der Waals surface area contributed by atoms with Crippen LogP contribution >= 0.6 is 23.4 Å². The smallest absolute Gasteiger partial charge is 0.274 e. The van der Waals surface area contributed by atoms with Crippen LogP contribution in [0, 0.1) is 13.8 Å². The number of carbonyl (C=O) groups is 1. The highest BCUT2D eigenvalue weighted by Gasteiger charge is 2.25. The van der Waals surface area contributed by atoms with Crippen LogP contribution < -0.4 is 5.32 Å². The molecule has 0 atom stereocenters. The van der Waals surface area contributed by atoms with Crippen molar-refractivity contribution in [3.8, 4) is 5.69 Å². The van der Waals surface area contributed by atoms with Crippen molar-refractivity contribution in [2.45, 2.75) is 30.8 Å². The predicted octanol–water partition coefficient (Wildman–Crippen LogP) is 6.14. The second-order valence-electron chi connectivity index (χ2n) is 8.72. The summed E-state index contributed by atoms with van der Waals surface area (Å²) in [6.45, 7) is 3.87. The Hall–Kier alpha value is -4.01. The number of benzene rings is 3. The minimum absolute atomic E-state index is 0.244. The summed E-state index contributed by atoms with van der Waals surface area (Å²) in [4.78, 5) is 22.8. The molecular formula is C29H25ClN6OS. The van der Waals surface area contributed by atoms with Gasteiger partial charge < -0.3 is 5.32 Å². The zero-order chi connectivity index (χ0) is 26.5. The third kappa shape index (κ3) is 5.93. The predicted molar refractivity (Wildman–Crippen MR) is 150 cm³/mol. The van der Waals surface area contributed by atoms with E-state index in [1.54, 1.807) is 16.8 Å². The number of hydrogen-bond acceptors (Lipinski definition) is 6. The molecule has 0 unspecified atom stereocenters. The summed E-state index contributed by atoms with van der Waals surface area (Å²) in [5.74, 6) is 0.0719. The Balaban J connectivity index is 1.50. The van der Waals surface area contributed by atoms with Crippen molar-refractivity contribution in [2.75, 3.05) is 0 Å². The number of hydrogen-bond donors (Lipinski definition) is 1. The SMILES string of the molecule is Cc1cc(C)nc(SCc2c(C(=O)NC(c3ccccc3)c3ccccc3)nnn2-c2ccc(Cl)cc2)n1. The number of amides is 1. The molecule has 190 valence electrons. The van der Waals surface area contributed by atoms with Crippen molar-refractivity contribution in [3.05, 3.63) is 130 Å². The first-order valence-electron chi connectivity index (χ1n) is 12.0. The summed E-state index contributed by atoms with van der Waals surface area (Å²) in [5, 5.41) is 13.1. The molecule has 3 aromatic carbocycles. The van der Waals surface area contributed by atoms with Crippen LogP contribution in [-0.2, 0) is 5.75 Å². The molecule has 7 nitrogen and oxygen atoms in total. The summed E-state index contributed by atoms with van der Waals surface area (Å²) in [6.07, 6.45) is 0. The quantitative estimate of drug-likeness (QED) is 0.188. The zero-order valence-electron chi connectivity index (χ0n) is 20.9. The standard InChI is InChI=1S/C29H25ClN6OS/c1-19-17-20(2)32-29(31-19)38-18-25-27(34-35-36(25)24-15-13-23(30)14-16-24)28(37)33-26(21-9-5-3-6-10-21)22-11-7-4-8-12-22/h3-17,26H,18H2,1-2H3,(H,33,37). The molecule has 1 N–H and O–H groups in total. The lowest BCUT2D eigenvalue weighted by Gasteiger charge is -2.19. The Morgan fingerprint density at radius 2 is 1.47 bits per heavy atom. The van der Waals surface area contributed by atoms with Crippen LogP contribution in [0.15, 0.2) is 96.2 Å². The highest BCUT2D eigenvalue weighted by atomic mass is 35.5. The van der Waals surface area contributed by atoms with Crippen molar-refractivity contribution < 1.29 is 4.79 Å². The number of rotatable bonds is 8. The maximum atomic E-state index is 13.8. The van der Waals surface area contributed by atoms with Gasteiger partial charge in [-0.05, 0) is 55.3 Å². The Morgan fingerprint density at radius 3 is 2.05 bits per heavy atom. The monoisotopic (exact) mass is 540 g/mol.